The molecule has 11 aromatic rings. The lowest BCUT2D eigenvalue weighted by atomic mass is 9.80. The number of hydrogen-bond acceptors (Lipinski definition) is 6. The topological polar surface area (TPSA) is 55.4 Å². The minimum absolute atomic E-state index is 0.481. The van der Waals surface area contributed by atoms with Crippen LogP contribution in [0.25, 0.3) is 43.1 Å². The summed E-state index contributed by atoms with van der Waals surface area (Å²) in [5, 5.41) is 8.52. The van der Waals surface area contributed by atoms with Crippen LogP contribution in [0.15, 0.2) is 255 Å². The van der Waals surface area contributed by atoms with Gasteiger partial charge in [-0.1, -0.05) is 200 Å². The fourth-order valence-corrected chi connectivity index (χ4v) is 10.6. The molecule has 0 unspecified atom stereocenters. The minimum atomic E-state index is -2.24. The van der Waals surface area contributed by atoms with Crippen LogP contribution < -0.4 is 22.6 Å². The van der Waals surface area contributed by atoms with Crippen molar-refractivity contribution in [2.24, 2.45) is 0 Å². The van der Waals surface area contributed by atoms with Gasteiger partial charge < -0.3 is 22.6 Å². The molecule has 11 aromatic carbocycles. The molecule has 0 saturated heterocycles. The largest absolute Gasteiger partial charge is 0.530 e. The van der Waals surface area contributed by atoms with Crippen molar-refractivity contribution in [3.8, 4) is 28.7 Å². The van der Waals surface area contributed by atoms with Crippen LogP contribution in [0.3, 0.4) is 0 Å². The SMILES string of the molecule is c1ccc(C(OP(Oc2ccc3ccccc3c2)Oc2ccc3ccccc3c2)(c2ccccc2)c2ccccc2OP(Oc2ccc3ccccc3c2)Oc2ccc3ccccc3c2)cc1. The molecule has 8 heteroatoms. The molecule has 0 amide bonds. The molecule has 0 radical (unpaired) electrons. The Hall–Kier alpha value is -7.72. The van der Waals surface area contributed by atoms with E-state index in [1.807, 2.05) is 182 Å². The molecule has 67 heavy (non-hydrogen) atoms. The summed E-state index contributed by atoms with van der Waals surface area (Å²) in [6.07, 6.45) is 0. The summed E-state index contributed by atoms with van der Waals surface area (Å²) in [5.74, 6) is 2.89. The molecule has 0 fully saturated rings. The van der Waals surface area contributed by atoms with E-state index in [-0.39, 0.29) is 0 Å². The zero-order valence-corrected chi connectivity index (χ0v) is 37.9. The molecule has 0 aliphatic rings. The molecule has 11 rings (SSSR count). The monoisotopic (exact) mass is 908 g/mol. The van der Waals surface area contributed by atoms with Gasteiger partial charge in [-0.3, -0.25) is 4.52 Å². The number of benzene rings is 11. The van der Waals surface area contributed by atoms with Gasteiger partial charge in [0.05, 0.1) is 0 Å². The first-order chi connectivity index (χ1) is 33.1. The van der Waals surface area contributed by atoms with Crippen LogP contribution in [0, 0.1) is 0 Å². The molecule has 0 bridgehead atoms. The van der Waals surface area contributed by atoms with E-state index in [0.29, 0.717) is 34.3 Å². The van der Waals surface area contributed by atoms with E-state index in [9.17, 15) is 0 Å². The van der Waals surface area contributed by atoms with Crippen molar-refractivity contribution in [2.45, 2.75) is 5.60 Å². The number of hydrogen-bond donors (Lipinski definition) is 0. The Morgan fingerprint density at radius 2 is 0.567 bits per heavy atom. The molecule has 0 N–H and O–H groups in total. The van der Waals surface area contributed by atoms with Crippen LogP contribution in [0.1, 0.15) is 16.7 Å². The van der Waals surface area contributed by atoms with Crippen LogP contribution in [0.2, 0.25) is 0 Å². The van der Waals surface area contributed by atoms with Gasteiger partial charge >= 0.3 is 17.2 Å². The number of para-hydroxylation sites is 1. The van der Waals surface area contributed by atoms with Gasteiger partial charge in [0.1, 0.15) is 28.7 Å². The Kier molecular flexibility index (Phi) is 11.9. The highest BCUT2D eigenvalue weighted by Crippen LogP contribution is 2.56. The Morgan fingerprint density at radius 1 is 0.254 bits per heavy atom. The van der Waals surface area contributed by atoms with Crippen molar-refractivity contribution >= 4 is 60.3 Å². The van der Waals surface area contributed by atoms with Crippen LogP contribution in [0.4, 0.5) is 0 Å². The third-order valence-corrected chi connectivity index (χ3v) is 13.8. The summed E-state index contributed by atoms with van der Waals surface area (Å²) in [6, 6.07) is 84.9. The third-order valence-electron chi connectivity index (χ3n) is 11.6. The van der Waals surface area contributed by atoms with Crippen molar-refractivity contribution < 1.29 is 27.1 Å². The van der Waals surface area contributed by atoms with Crippen molar-refractivity contribution in [3.63, 3.8) is 0 Å². The Bertz CT molecular complexity index is 3270. The van der Waals surface area contributed by atoms with E-state index in [2.05, 4.69) is 72.8 Å². The Labute approximate surface area is 391 Å². The highest BCUT2D eigenvalue weighted by atomic mass is 31.2. The van der Waals surface area contributed by atoms with Gasteiger partial charge in [0, 0.05) is 5.56 Å². The summed E-state index contributed by atoms with van der Waals surface area (Å²) in [5.41, 5.74) is 0.944. The first kappa shape index (κ1) is 41.9. The van der Waals surface area contributed by atoms with Gasteiger partial charge in [0.25, 0.3) is 0 Å². The first-order valence-electron chi connectivity index (χ1n) is 22.0. The number of fused-ring (bicyclic) bond motifs is 4. The zero-order chi connectivity index (χ0) is 44.8. The Morgan fingerprint density at radius 3 is 0.955 bits per heavy atom. The second kappa shape index (κ2) is 19.0. The van der Waals surface area contributed by atoms with Crippen LogP contribution in [-0.2, 0) is 10.1 Å². The highest BCUT2D eigenvalue weighted by molar-refractivity contribution is 7.43. The minimum Gasteiger partial charge on any atom is -0.418 e. The van der Waals surface area contributed by atoms with E-state index in [1.165, 1.54) is 0 Å². The molecule has 0 heterocycles. The van der Waals surface area contributed by atoms with E-state index in [0.717, 1.165) is 54.2 Å². The first-order valence-corrected chi connectivity index (χ1v) is 24.2. The molecular formula is C59H42O6P2. The lowest BCUT2D eigenvalue weighted by Crippen LogP contribution is -2.33. The molecule has 0 aromatic heterocycles. The van der Waals surface area contributed by atoms with Crippen molar-refractivity contribution in [2.75, 3.05) is 0 Å². The van der Waals surface area contributed by atoms with Crippen LogP contribution in [0.5, 0.6) is 28.7 Å². The summed E-state index contributed by atoms with van der Waals surface area (Å²) in [6.45, 7) is 0. The zero-order valence-electron chi connectivity index (χ0n) is 36.1. The predicted molar refractivity (Wildman–Crippen MR) is 273 cm³/mol. The molecule has 0 spiro atoms. The van der Waals surface area contributed by atoms with Gasteiger partial charge in [-0.15, -0.1) is 0 Å². The van der Waals surface area contributed by atoms with Gasteiger partial charge in [0.2, 0.25) is 0 Å². The maximum atomic E-state index is 7.65. The van der Waals surface area contributed by atoms with E-state index in [1.54, 1.807) is 0 Å². The fourth-order valence-electron chi connectivity index (χ4n) is 8.36. The average Bonchev–Trinajstić information content (AvgIpc) is 3.38. The quantitative estimate of drug-likeness (QED) is 0.0754. The second-order valence-electron chi connectivity index (χ2n) is 15.9. The van der Waals surface area contributed by atoms with Gasteiger partial charge in [-0.05, 0) is 109 Å². The van der Waals surface area contributed by atoms with Crippen molar-refractivity contribution in [1.82, 2.24) is 0 Å². The van der Waals surface area contributed by atoms with Gasteiger partial charge in [0.15, 0.2) is 5.60 Å². The maximum Gasteiger partial charge on any atom is 0.530 e. The maximum absolute atomic E-state index is 7.65. The third kappa shape index (κ3) is 9.12. The lowest BCUT2D eigenvalue weighted by molar-refractivity contribution is 0.134. The van der Waals surface area contributed by atoms with Crippen LogP contribution >= 0.6 is 17.2 Å². The van der Waals surface area contributed by atoms with E-state index < -0.39 is 22.8 Å². The average molecular weight is 909 g/mol. The second-order valence-corrected chi connectivity index (χ2v) is 17.9. The summed E-state index contributed by atoms with van der Waals surface area (Å²) in [7, 11) is -4.39. The van der Waals surface area contributed by atoms with Crippen molar-refractivity contribution in [3.05, 3.63) is 271 Å². The molecule has 0 aliphatic carbocycles. The Balaban J connectivity index is 1.05. The fraction of sp³-hybridized carbons (Fsp3) is 0.0169. The van der Waals surface area contributed by atoms with E-state index in [4.69, 9.17) is 27.1 Å². The standard InChI is InChI=1S/C59H42O6P2/c1-3-25-51(26-4-1)59(52-27-5-2-6-28-52,65-67(62-55-37-33-45-19-9-13-23-49(45)41-55)63-56-38-34-46-20-10-14-24-50(46)42-56)57-29-15-16-30-58(57)64-66(60-53-35-31-43-17-7-11-21-47(43)39-53)61-54-36-32-44-18-8-12-22-48(44)40-54/h1-42H. The molecule has 324 valence electrons. The van der Waals surface area contributed by atoms with Crippen LogP contribution in [-0.4, -0.2) is 0 Å². The molecule has 0 saturated carbocycles. The highest BCUT2D eigenvalue weighted by Gasteiger charge is 2.45. The number of rotatable bonds is 15. The summed E-state index contributed by atoms with van der Waals surface area (Å²) >= 11 is 0. The predicted octanol–water partition coefficient (Wildman–Crippen LogP) is 16.8. The van der Waals surface area contributed by atoms with Gasteiger partial charge in [-0.25, -0.2) is 0 Å². The molecule has 0 atom stereocenters. The summed E-state index contributed by atoms with van der Waals surface area (Å²) < 4.78 is 42.2. The normalized spacial score (nSPS) is 11.6. The lowest BCUT2D eigenvalue weighted by Gasteiger charge is -2.37. The smallest absolute Gasteiger partial charge is 0.418 e. The van der Waals surface area contributed by atoms with Gasteiger partial charge in [-0.2, -0.15) is 0 Å². The molecule has 6 nitrogen and oxygen atoms in total. The van der Waals surface area contributed by atoms with E-state index >= 15 is 0 Å². The van der Waals surface area contributed by atoms with Crippen molar-refractivity contribution in [1.29, 1.82) is 0 Å². The summed E-state index contributed by atoms with van der Waals surface area (Å²) in [4.78, 5) is 0. The molecular weight excluding hydrogens is 867 g/mol. The molecule has 0 aliphatic heterocycles.